The Bertz CT molecular complexity index is 431. The Morgan fingerprint density at radius 3 is 2.59 bits per heavy atom. The molecule has 0 radical (unpaired) electrons. The lowest BCUT2D eigenvalue weighted by Gasteiger charge is -2.41. The van der Waals surface area contributed by atoms with E-state index >= 15 is 0 Å². The fourth-order valence-electron chi connectivity index (χ4n) is 2.06. The highest BCUT2D eigenvalue weighted by Gasteiger charge is 2.45. The van der Waals surface area contributed by atoms with E-state index in [1.165, 1.54) is 13.2 Å². The van der Waals surface area contributed by atoms with Crippen molar-refractivity contribution in [2.75, 3.05) is 13.7 Å². The van der Waals surface area contributed by atoms with E-state index < -0.39 is 48.9 Å². The summed E-state index contributed by atoms with van der Waals surface area (Å²) in [5, 5.41) is 52.5. The zero-order chi connectivity index (χ0) is 16.3. The molecule has 10 heteroatoms. The van der Waals surface area contributed by atoms with Crippen molar-refractivity contribution in [3.63, 3.8) is 0 Å². The number of nitrogens with zero attached hydrogens (tertiary/aromatic N) is 1. The van der Waals surface area contributed by atoms with Crippen LogP contribution in [0, 0.1) is 0 Å². The van der Waals surface area contributed by atoms with Crippen LogP contribution in [0.4, 0.5) is 0 Å². The predicted molar refractivity (Wildman–Crippen MR) is 75.8 cm³/mol. The topological polar surface area (TPSA) is 141 Å². The van der Waals surface area contributed by atoms with Gasteiger partial charge in [-0.3, -0.25) is 0 Å². The van der Waals surface area contributed by atoms with Crippen LogP contribution in [0.3, 0.4) is 0 Å². The number of aliphatic hydroxyl groups is 5. The summed E-state index contributed by atoms with van der Waals surface area (Å²) in [5.74, 6) is 0. The van der Waals surface area contributed by atoms with Gasteiger partial charge in [0.25, 0.3) is 0 Å². The second kappa shape index (κ2) is 7.70. The number of rotatable bonds is 4. The number of hydrogen-bond acceptors (Lipinski definition) is 10. The van der Waals surface area contributed by atoms with Crippen molar-refractivity contribution in [3.8, 4) is 0 Å². The van der Waals surface area contributed by atoms with Crippen LogP contribution < -0.4 is 0 Å². The van der Waals surface area contributed by atoms with E-state index in [-0.39, 0.29) is 0 Å². The normalized spacial score (nSPS) is 44.3. The van der Waals surface area contributed by atoms with Crippen molar-refractivity contribution < 1.29 is 39.8 Å². The summed E-state index contributed by atoms with van der Waals surface area (Å²) in [6.07, 6.45) is -4.93. The molecule has 1 saturated heterocycles. The first-order valence-corrected chi connectivity index (χ1v) is 7.46. The lowest BCUT2D eigenvalue weighted by atomic mass is 9.99. The molecule has 0 aromatic heterocycles. The molecular weight excluding hydrogens is 318 g/mol. The Labute approximate surface area is 130 Å². The van der Waals surface area contributed by atoms with Gasteiger partial charge >= 0.3 is 0 Å². The summed E-state index contributed by atoms with van der Waals surface area (Å²) in [4.78, 5) is 4.63. The van der Waals surface area contributed by atoms with Gasteiger partial charge in [0, 0.05) is 0 Å². The molecule has 22 heavy (non-hydrogen) atoms. The molecule has 0 saturated carbocycles. The third kappa shape index (κ3) is 3.78. The molecule has 9 nitrogen and oxygen atoms in total. The Morgan fingerprint density at radius 2 is 1.95 bits per heavy atom. The largest absolute Gasteiger partial charge is 0.398 e. The molecule has 0 amide bonds. The predicted octanol–water partition coefficient (Wildman–Crippen LogP) is -2.25. The highest BCUT2D eigenvalue weighted by atomic mass is 32.2. The zero-order valence-electron chi connectivity index (χ0n) is 11.7. The standard InChI is InChI=1S/C12H19NO8S/c1-19-13-7-3-2-5(15)12(22-7)21-11-10(18)9(17)8(16)6(4-14)20-11/h2-3,5-6,8-12,14-18H,4H2,1H3. The van der Waals surface area contributed by atoms with Crippen molar-refractivity contribution in [1.82, 2.24) is 0 Å². The maximum Gasteiger partial charge on any atom is 0.188 e. The quantitative estimate of drug-likeness (QED) is 0.360. The van der Waals surface area contributed by atoms with Gasteiger partial charge in [0.05, 0.1) is 6.61 Å². The molecular formula is C12H19NO8S. The Kier molecular flexibility index (Phi) is 6.17. The molecule has 2 aliphatic heterocycles. The lowest BCUT2D eigenvalue weighted by molar-refractivity contribution is -0.307. The minimum atomic E-state index is -1.54. The van der Waals surface area contributed by atoms with Crippen molar-refractivity contribution in [1.29, 1.82) is 0 Å². The van der Waals surface area contributed by atoms with Crippen molar-refractivity contribution in [2.45, 2.75) is 42.2 Å². The van der Waals surface area contributed by atoms with Gasteiger partial charge in [-0.1, -0.05) is 16.9 Å². The molecule has 0 aromatic rings. The van der Waals surface area contributed by atoms with Gasteiger partial charge in [-0.15, -0.1) is 0 Å². The van der Waals surface area contributed by atoms with Crippen molar-refractivity contribution >= 4 is 16.8 Å². The maximum atomic E-state index is 9.90. The highest BCUT2D eigenvalue weighted by molar-refractivity contribution is 8.14. The molecule has 7 atom stereocenters. The summed E-state index contributed by atoms with van der Waals surface area (Å²) in [7, 11) is 1.37. The fraction of sp³-hybridized carbons (Fsp3) is 0.750. The first-order valence-electron chi connectivity index (χ1n) is 6.58. The van der Waals surface area contributed by atoms with E-state index in [4.69, 9.17) is 14.6 Å². The fourth-order valence-corrected chi connectivity index (χ4v) is 2.97. The van der Waals surface area contributed by atoms with E-state index in [2.05, 4.69) is 9.99 Å². The Balaban J connectivity index is 2.05. The minimum Gasteiger partial charge on any atom is -0.398 e. The smallest absolute Gasteiger partial charge is 0.188 e. The first kappa shape index (κ1) is 17.6. The number of thioether (sulfide) groups is 1. The van der Waals surface area contributed by atoms with Crippen LogP contribution in [0.25, 0.3) is 0 Å². The monoisotopic (exact) mass is 337 g/mol. The minimum absolute atomic E-state index is 0.447. The molecule has 2 heterocycles. The van der Waals surface area contributed by atoms with Gasteiger partial charge in [0.15, 0.2) is 6.29 Å². The van der Waals surface area contributed by atoms with Gasteiger partial charge < -0.3 is 39.8 Å². The Hall–Kier alpha value is -0.720. The van der Waals surface area contributed by atoms with E-state index in [1.807, 2.05) is 0 Å². The molecule has 7 unspecified atom stereocenters. The molecule has 0 bridgehead atoms. The van der Waals surface area contributed by atoms with Crippen molar-refractivity contribution in [2.24, 2.45) is 5.16 Å². The SMILES string of the molecule is CON=C1C=CC(O)C(OC2OC(CO)C(O)C(O)C2O)S1. The molecule has 0 aromatic carbocycles. The number of aliphatic hydroxyl groups excluding tert-OH is 5. The van der Waals surface area contributed by atoms with Crippen LogP contribution in [0.15, 0.2) is 17.3 Å². The summed E-state index contributed by atoms with van der Waals surface area (Å²) in [5.41, 5.74) is -0.861. The summed E-state index contributed by atoms with van der Waals surface area (Å²) < 4.78 is 10.7. The molecule has 5 N–H and O–H groups in total. The third-order valence-electron chi connectivity index (χ3n) is 3.25. The van der Waals surface area contributed by atoms with Gasteiger partial charge in [-0.25, -0.2) is 0 Å². The molecule has 1 fully saturated rings. The zero-order valence-corrected chi connectivity index (χ0v) is 12.5. The molecule has 0 aliphatic carbocycles. The third-order valence-corrected chi connectivity index (χ3v) is 4.32. The molecule has 2 rings (SSSR count). The van der Waals surface area contributed by atoms with E-state index in [0.29, 0.717) is 5.04 Å². The highest BCUT2D eigenvalue weighted by Crippen LogP contribution is 2.30. The molecule has 0 spiro atoms. The molecule has 2 aliphatic rings. The van der Waals surface area contributed by atoms with Crippen LogP contribution in [-0.4, -0.2) is 86.5 Å². The van der Waals surface area contributed by atoms with Gasteiger partial charge in [0.1, 0.15) is 48.1 Å². The van der Waals surface area contributed by atoms with Gasteiger partial charge in [-0.05, 0) is 12.2 Å². The average molecular weight is 337 g/mol. The second-order valence-corrected chi connectivity index (χ2v) is 5.90. The van der Waals surface area contributed by atoms with Gasteiger partial charge in [0.2, 0.25) is 0 Å². The summed E-state index contributed by atoms with van der Waals surface area (Å²) >= 11 is 1.04. The van der Waals surface area contributed by atoms with E-state index in [0.717, 1.165) is 11.8 Å². The second-order valence-electron chi connectivity index (χ2n) is 4.78. The summed E-state index contributed by atoms with van der Waals surface area (Å²) in [6, 6.07) is 0. The van der Waals surface area contributed by atoms with E-state index in [1.54, 1.807) is 6.08 Å². The number of hydrogen-bond donors (Lipinski definition) is 5. The van der Waals surface area contributed by atoms with Crippen LogP contribution in [-0.2, 0) is 14.3 Å². The van der Waals surface area contributed by atoms with Gasteiger partial charge in [-0.2, -0.15) is 0 Å². The number of oxime groups is 1. The number of ether oxygens (including phenoxy) is 2. The van der Waals surface area contributed by atoms with Crippen LogP contribution >= 0.6 is 11.8 Å². The lowest BCUT2D eigenvalue weighted by Crippen LogP contribution is -2.60. The van der Waals surface area contributed by atoms with Crippen LogP contribution in [0.1, 0.15) is 0 Å². The summed E-state index contributed by atoms with van der Waals surface area (Å²) in [6.45, 7) is -0.554. The van der Waals surface area contributed by atoms with E-state index in [9.17, 15) is 20.4 Å². The average Bonchev–Trinajstić information content (AvgIpc) is 2.51. The molecule has 126 valence electrons. The Morgan fingerprint density at radius 1 is 1.23 bits per heavy atom. The van der Waals surface area contributed by atoms with Crippen LogP contribution in [0.5, 0.6) is 0 Å². The first-order chi connectivity index (χ1) is 10.5. The maximum absolute atomic E-state index is 9.90. The van der Waals surface area contributed by atoms with Crippen LogP contribution in [0.2, 0.25) is 0 Å². The van der Waals surface area contributed by atoms with Crippen molar-refractivity contribution in [3.05, 3.63) is 12.2 Å².